The monoisotopic (exact) mass is 477 g/mol. The van der Waals surface area contributed by atoms with Crippen LogP contribution in [-0.4, -0.2) is 67.4 Å². The SMILES string of the molecule is COc1ccc(C(=O)NCCCC(=O)N2CCN(C(=O)c3cccc(C(F)(F)F)c3)CC2)cc1. The van der Waals surface area contributed by atoms with Crippen LogP contribution >= 0.6 is 0 Å². The molecule has 1 N–H and O–H groups in total. The molecular formula is C24H26F3N3O4. The summed E-state index contributed by atoms with van der Waals surface area (Å²) in [7, 11) is 1.54. The molecule has 0 radical (unpaired) electrons. The fraction of sp³-hybridized carbons (Fsp3) is 0.375. The Morgan fingerprint density at radius 2 is 1.59 bits per heavy atom. The Morgan fingerprint density at radius 3 is 2.21 bits per heavy atom. The number of amides is 3. The van der Waals surface area contributed by atoms with Crippen molar-refractivity contribution in [2.75, 3.05) is 39.8 Å². The van der Waals surface area contributed by atoms with E-state index in [9.17, 15) is 27.6 Å². The predicted molar refractivity (Wildman–Crippen MR) is 118 cm³/mol. The average Bonchev–Trinajstić information content (AvgIpc) is 2.85. The number of rotatable bonds is 7. The summed E-state index contributed by atoms with van der Waals surface area (Å²) in [4.78, 5) is 40.3. The van der Waals surface area contributed by atoms with Gasteiger partial charge in [0.1, 0.15) is 5.75 Å². The molecule has 0 unspecified atom stereocenters. The van der Waals surface area contributed by atoms with E-state index in [0.29, 0.717) is 37.4 Å². The first-order chi connectivity index (χ1) is 16.2. The van der Waals surface area contributed by atoms with Crippen LogP contribution in [0.2, 0.25) is 0 Å². The van der Waals surface area contributed by atoms with Gasteiger partial charge in [0.25, 0.3) is 11.8 Å². The van der Waals surface area contributed by atoms with E-state index in [1.165, 1.54) is 17.0 Å². The second kappa shape index (κ2) is 11.0. The fourth-order valence-electron chi connectivity index (χ4n) is 3.61. The lowest BCUT2D eigenvalue weighted by Crippen LogP contribution is -2.50. The number of hydrogen-bond donors (Lipinski definition) is 1. The van der Waals surface area contributed by atoms with Crippen LogP contribution in [0.4, 0.5) is 13.2 Å². The standard InChI is InChI=1S/C24H26F3N3O4/c1-34-20-9-7-17(8-10-20)22(32)28-11-3-6-21(31)29-12-14-30(15-13-29)23(33)18-4-2-5-19(16-18)24(25,26)27/h2,4-5,7-10,16H,3,6,11-15H2,1H3,(H,28,32). The van der Waals surface area contributed by atoms with Crippen LogP contribution in [0.5, 0.6) is 5.75 Å². The van der Waals surface area contributed by atoms with E-state index < -0.39 is 17.6 Å². The normalized spacial score (nSPS) is 14.0. The number of alkyl halides is 3. The van der Waals surface area contributed by atoms with Gasteiger partial charge in [0.05, 0.1) is 12.7 Å². The molecule has 3 amide bonds. The van der Waals surface area contributed by atoms with Crippen molar-refractivity contribution in [1.29, 1.82) is 0 Å². The van der Waals surface area contributed by atoms with Gasteiger partial charge in [-0.2, -0.15) is 13.2 Å². The maximum Gasteiger partial charge on any atom is 0.416 e. The zero-order chi connectivity index (χ0) is 24.7. The van der Waals surface area contributed by atoms with Crippen molar-refractivity contribution in [3.8, 4) is 5.75 Å². The number of nitrogens with zero attached hydrogens (tertiary/aromatic N) is 2. The minimum absolute atomic E-state index is 0.0257. The molecule has 1 aliphatic rings. The van der Waals surface area contributed by atoms with Gasteiger partial charge in [-0.3, -0.25) is 14.4 Å². The lowest BCUT2D eigenvalue weighted by atomic mass is 10.1. The highest BCUT2D eigenvalue weighted by atomic mass is 19.4. The van der Waals surface area contributed by atoms with Gasteiger partial charge in [-0.1, -0.05) is 6.07 Å². The Morgan fingerprint density at radius 1 is 0.941 bits per heavy atom. The van der Waals surface area contributed by atoms with Crippen LogP contribution in [0.3, 0.4) is 0 Å². The molecule has 0 spiro atoms. The molecule has 2 aromatic carbocycles. The summed E-state index contributed by atoms with van der Waals surface area (Å²) in [6.07, 6.45) is -3.82. The van der Waals surface area contributed by atoms with Gasteiger partial charge in [-0.05, 0) is 48.9 Å². The highest BCUT2D eigenvalue weighted by Crippen LogP contribution is 2.29. The van der Waals surface area contributed by atoms with E-state index in [1.54, 1.807) is 36.3 Å². The van der Waals surface area contributed by atoms with Crippen molar-refractivity contribution in [3.05, 3.63) is 65.2 Å². The van der Waals surface area contributed by atoms with E-state index in [-0.39, 0.29) is 36.9 Å². The van der Waals surface area contributed by atoms with Crippen molar-refractivity contribution in [2.24, 2.45) is 0 Å². The van der Waals surface area contributed by atoms with Crippen molar-refractivity contribution in [1.82, 2.24) is 15.1 Å². The summed E-state index contributed by atoms with van der Waals surface area (Å²) >= 11 is 0. The van der Waals surface area contributed by atoms with Crippen molar-refractivity contribution in [3.63, 3.8) is 0 Å². The molecule has 1 fully saturated rings. The number of methoxy groups -OCH3 is 1. The van der Waals surface area contributed by atoms with Crippen molar-refractivity contribution < 1.29 is 32.3 Å². The first-order valence-electron chi connectivity index (χ1n) is 10.9. The Labute approximate surface area is 195 Å². The third-order valence-electron chi connectivity index (χ3n) is 5.56. The van der Waals surface area contributed by atoms with E-state index in [2.05, 4.69) is 5.32 Å². The fourth-order valence-corrected chi connectivity index (χ4v) is 3.61. The minimum Gasteiger partial charge on any atom is -0.497 e. The summed E-state index contributed by atoms with van der Waals surface area (Å²) in [6.45, 7) is 1.44. The lowest BCUT2D eigenvalue weighted by molar-refractivity contribution is -0.137. The molecule has 7 nitrogen and oxygen atoms in total. The number of carbonyl (C=O) groups excluding carboxylic acids is 3. The number of hydrogen-bond acceptors (Lipinski definition) is 4. The molecular weight excluding hydrogens is 451 g/mol. The maximum atomic E-state index is 12.9. The Kier molecular flexibility index (Phi) is 8.14. The number of nitrogens with one attached hydrogen (secondary N) is 1. The molecule has 0 bridgehead atoms. The zero-order valence-electron chi connectivity index (χ0n) is 18.7. The largest absolute Gasteiger partial charge is 0.497 e. The van der Waals surface area contributed by atoms with Gasteiger partial charge in [0, 0.05) is 50.3 Å². The maximum absolute atomic E-state index is 12.9. The third kappa shape index (κ3) is 6.49. The third-order valence-corrected chi connectivity index (χ3v) is 5.56. The van der Waals surface area contributed by atoms with Gasteiger partial charge in [0.15, 0.2) is 0 Å². The molecule has 182 valence electrons. The van der Waals surface area contributed by atoms with E-state index >= 15 is 0 Å². The topological polar surface area (TPSA) is 79.0 Å². The molecule has 0 atom stereocenters. The van der Waals surface area contributed by atoms with Crippen LogP contribution in [0.25, 0.3) is 0 Å². The van der Waals surface area contributed by atoms with Crippen LogP contribution in [0.1, 0.15) is 39.1 Å². The molecule has 1 heterocycles. The Hall–Kier alpha value is -3.56. The second-order valence-electron chi connectivity index (χ2n) is 7.84. The minimum atomic E-state index is -4.52. The van der Waals surface area contributed by atoms with Crippen LogP contribution < -0.4 is 10.1 Å². The number of carbonyl (C=O) groups is 3. The molecule has 10 heteroatoms. The Balaban J connectivity index is 1.40. The first kappa shape index (κ1) is 25.1. The summed E-state index contributed by atoms with van der Waals surface area (Å²) in [5.74, 6) is -0.167. The predicted octanol–water partition coefficient (Wildman–Crippen LogP) is 3.21. The Bertz CT molecular complexity index is 1020. The van der Waals surface area contributed by atoms with Gasteiger partial charge < -0.3 is 19.9 Å². The number of benzene rings is 2. The lowest BCUT2D eigenvalue weighted by Gasteiger charge is -2.35. The highest BCUT2D eigenvalue weighted by Gasteiger charge is 2.32. The molecule has 2 aromatic rings. The van der Waals surface area contributed by atoms with Gasteiger partial charge in [-0.25, -0.2) is 0 Å². The second-order valence-corrected chi connectivity index (χ2v) is 7.84. The summed E-state index contributed by atoms with van der Waals surface area (Å²) in [5.41, 5.74) is -0.401. The van der Waals surface area contributed by atoms with Gasteiger partial charge in [0.2, 0.25) is 5.91 Å². The molecule has 0 aliphatic carbocycles. The highest BCUT2D eigenvalue weighted by molar-refractivity contribution is 5.95. The molecule has 34 heavy (non-hydrogen) atoms. The molecule has 1 aliphatic heterocycles. The average molecular weight is 477 g/mol. The smallest absolute Gasteiger partial charge is 0.416 e. The van der Waals surface area contributed by atoms with Gasteiger partial charge >= 0.3 is 6.18 Å². The molecule has 3 rings (SSSR count). The number of piperazine rings is 1. The first-order valence-corrected chi connectivity index (χ1v) is 10.9. The van der Waals surface area contributed by atoms with Gasteiger partial charge in [-0.15, -0.1) is 0 Å². The molecule has 0 aromatic heterocycles. The number of ether oxygens (including phenoxy) is 1. The van der Waals surface area contributed by atoms with Crippen LogP contribution in [0, 0.1) is 0 Å². The van der Waals surface area contributed by atoms with Crippen LogP contribution in [-0.2, 0) is 11.0 Å². The zero-order valence-corrected chi connectivity index (χ0v) is 18.7. The van der Waals surface area contributed by atoms with E-state index in [4.69, 9.17) is 4.74 Å². The number of halogens is 3. The van der Waals surface area contributed by atoms with Crippen molar-refractivity contribution >= 4 is 17.7 Å². The quantitative estimate of drug-likeness (QED) is 0.622. The summed E-state index contributed by atoms with van der Waals surface area (Å²) < 4.78 is 43.8. The molecule has 0 saturated carbocycles. The van der Waals surface area contributed by atoms with E-state index in [1.807, 2.05) is 0 Å². The summed E-state index contributed by atoms with van der Waals surface area (Å²) in [5, 5.41) is 2.77. The van der Waals surface area contributed by atoms with Crippen molar-refractivity contribution in [2.45, 2.75) is 19.0 Å². The molecule has 1 saturated heterocycles. The van der Waals surface area contributed by atoms with E-state index in [0.717, 1.165) is 12.1 Å². The van der Waals surface area contributed by atoms with Crippen LogP contribution in [0.15, 0.2) is 48.5 Å². The summed E-state index contributed by atoms with van der Waals surface area (Å²) in [6, 6.07) is 11.0.